The molecule has 0 bridgehead atoms. The quantitative estimate of drug-likeness (QED) is 0.0350. The van der Waals surface area contributed by atoms with Gasteiger partial charge in [0.15, 0.2) is 12.4 Å². The maximum absolute atomic E-state index is 12.7. The van der Waals surface area contributed by atoms with Crippen LogP contribution in [0.4, 0.5) is 0 Å². The maximum atomic E-state index is 12.7. The van der Waals surface area contributed by atoms with Crippen LogP contribution in [-0.2, 0) is 28.5 Å². The van der Waals surface area contributed by atoms with Gasteiger partial charge in [-0.3, -0.25) is 9.59 Å². The lowest BCUT2D eigenvalue weighted by molar-refractivity contribution is -0.305. The summed E-state index contributed by atoms with van der Waals surface area (Å²) >= 11 is 0. The molecule has 326 valence electrons. The van der Waals surface area contributed by atoms with Crippen LogP contribution in [0.3, 0.4) is 0 Å². The SMILES string of the molecule is CCCCCCCCCCCCCCCCCCCCCCCCC(=O)OC(COC(=O)CCCCCCCCCC)COC1OC(CO)C(O)C(O)C1O. The van der Waals surface area contributed by atoms with Crippen molar-refractivity contribution in [2.45, 2.75) is 256 Å². The van der Waals surface area contributed by atoms with Crippen LogP contribution in [0.5, 0.6) is 0 Å². The molecule has 0 saturated carbocycles. The molecule has 0 aliphatic carbocycles. The fourth-order valence-electron chi connectivity index (χ4n) is 7.31. The van der Waals surface area contributed by atoms with Gasteiger partial charge in [-0.1, -0.05) is 194 Å². The Morgan fingerprint density at radius 3 is 1.24 bits per heavy atom. The Labute approximate surface area is 336 Å². The summed E-state index contributed by atoms with van der Waals surface area (Å²) in [6.07, 6.45) is 29.9. The summed E-state index contributed by atoms with van der Waals surface area (Å²) in [7, 11) is 0. The van der Waals surface area contributed by atoms with Crippen LogP contribution < -0.4 is 0 Å². The molecule has 1 fully saturated rings. The second-order valence-electron chi connectivity index (χ2n) is 16.2. The average molecular weight is 787 g/mol. The molecule has 0 aromatic rings. The molecule has 1 aliphatic rings. The summed E-state index contributed by atoms with van der Waals surface area (Å²) in [5, 5.41) is 40.0. The van der Waals surface area contributed by atoms with Crippen molar-refractivity contribution >= 4 is 11.9 Å². The summed E-state index contributed by atoms with van der Waals surface area (Å²) in [5.74, 6) is -0.797. The number of unbranched alkanes of at least 4 members (excludes halogenated alkanes) is 28. The second kappa shape index (κ2) is 37.0. The van der Waals surface area contributed by atoms with E-state index < -0.39 is 49.4 Å². The Bertz CT molecular complexity index is 871. The number of hydrogen-bond acceptors (Lipinski definition) is 10. The van der Waals surface area contributed by atoms with E-state index in [9.17, 15) is 30.0 Å². The third kappa shape index (κ3) is 28.7. The molecular weight excluding hydrogens is 700 g/mol. The van der Waals surface area contributed by atoms with Crippen molar-refractivity contribution in [3.05, 3.63) is 0 Å². The van der Waals surface area contributed by atoms with Crippen LogP contribution in [0.2, 0.25) is 0 Å². The zero-order chi connectivity index (χ0) is 40.2. The highest BCUT2D eigenvalue weighted by molar-refractivity contribution is 5.70. The highest BCUT2D eigenvalue weighted by Crippen LogP contribution is 2.23. The van der Waals surface area contributed by atoms with E-state index in [4.69, 9.17) is 18.9 Å². The molecule has 10 nitrogen and oxygen atoms in total. The molecule has 4 N–H and O–H groups in total. The Hall–Kier alpha value is -1.30. The van der Waals surface area contributed by atoms with Gasteiger partial charge in [-0.25, -0.2) is 0 Å². The second-order valence-corrected chi connectivity index (χ2v) is 16.2. The van der Waals surface area contributed by atoms with Gasteiger partial charge in [-0.15, -0.1) is 0 Å². The molecular formula is C45H86O10. The van der Waals surface area contributed by atoms with Gasteiger partial charge in [0, 0.05) is 12.8 Å². The molecule has 0 aromatic carbocycles. The molecule has 10 heteroatoms. The minimum atomic E-state index is -1.59. The maximum Gasteiger partial charge on any atom is 0.306 e. The molecule has 1 saturated heterocycles. The van der Waals surface area contributed by atoms with Crippen molar-refractivity contribution in [1.82, 2.24) is 0 Å². The minimum Gasteiger partial charge on any atom is -0.462 e. The van der Waals surface area contributed by atoms with Crippen LogP contribution in [0.1, 0.15) is 219 Å². The number of rotatable bonds is 39. The molecule has 0 aromatic heterocycles. The van der Waals surface area contributed by atoms with Crippen LogP contribution in [0.25, 0.3) is 0 Å². The van der Waals surface area contributed by atoms with Crippen LogP contribution in [0, 0.1) is 0 Å². The minimum absolute atomic E-state index is 0.210. The van der Waals surface area contributed by atoms with E-state index in [-0.39, 0.29) is 32.0 Å². The highest BCUT2D eigenvalue weighted by Gasteiger charge is 2.44. The van der Waals surface area contributed by atoms with Gasteiger partial charge in [0.25, 0.3) is 0 Å². The van der Waals surface area contributed by atoms with Crippen molar-refractivity contribution in [2.75, 3.05) is 19.8 Å². The van der Waals surface area contributed by atoms with E-state index in [1.54, 1.807) is 0 Å². The largest absolute Gasteiger partial charge is 0.462 e. The molecule has 0 radical (unpaired) electrons. The first-order chi connectivity index (χ1) is 26.8. The monoisotopic (exact) mass is 787 g/mol. The molecule has 55 heavy (non-hydrogen) atoms. The highest BCUT2D eigenvalue weighted by atomic mass is 16.7. The summed E-state index contributed by atoms with van der Waals surface area (Å²) in [4.78, 5) is 25.2. The zero-order valence-corrected chi connectivity index (χ0v) is 35.5. The fourth-order valence-corrected chi connectivity index (χ4v) is 7.31. The topological polar surface area (TPSA) is 152 Å². The summed E-state index contributed by atoms with van der Waals surface area (Å²) in [6.45, 7) is 3.42. The number of aliphatic hydroxyl groups excluding tert-OH is 4. The third-order valence-corrected chi connectivity index (χ3v) is 11.0. The van der Waals surface area contributed by atoms with Gasteiger partial charge in [0.05, 0.1) is 13.2 Å². The Morgan fingerprint density at radius 2 is 0.855 bits per heavy atom. The van der Waals surface area contributed by atoms with Crippen LogP contribution >= 0.6 is 0 Å². The van der Waals surface area contributed by atoms with Crippen molar-refractivity contribution in [3.8, 4) is 0 Å². The van der Waals surface area contributed by atoms with E-state index in [0.717, 1.165) is 38.5 Å². The Morgan fingerprint density at radius 1 is 0.491 bits per heavy atom. The Kier molecular flexibility index (Phi) is 34.8. The summed E-state index contributed by atoms with van der Waals surface area (Å²) < 4.78 is 22.1. The lowest BCUT2D eigenvalue weighted by Crippen LogP contribution is -2.59. The van der Waals surface area contributed by atoms with E-state index in [1.165, 1.54) is 148 Å². The van der Waals surface area contributed by atoms with Gasteiger partial charge >= 0.3 is 11.9 Å². The van der Waals surface area contributed by atoms with E-state index in [0.29, 0.717) is 6.42 Å². The number of ether oxygens (including phenoxy) is 4. The molecule has 1 heterocycles. The first kappa shape index (κ1) is 51.7. The molecule has 6 atom stereocenters. The smallest absolute Gasteiger partial charge is 0.306 e. The normalized spacial score (nSPS) is 20.4. The number of carbonyl (C=O) groups is 2. The van der Waals surface area contributed by atoms with Gasteiger partial charge in [-0.05, 0) is 12.8 Å². The van der Waals surface area contributed by atoms with Gasteiger partial charge in [-0.2, -0.15) is 0 Å². The molecule has 1 rings (SSSR count). The van der Waals surface area contributed by atoms with E-state index in [1.807, 2.05) is 0 Å². The van der Waals surface area contributed by atoms with E-state index in [2.05, 4.69) is 13.8 Å². The lowest BCUT2D eigenvalue weighted by Gasteiger charge is -2.39. The number of carbonyl (C=O) groups excluding carboxylic acids is 2. The van der Waals surface area contributed by atoms with Crippen LogP contribution in [-0.4, -0.2) is 89.0 Å². The van der Waals surface area contributed by atoms with Crippen molar-refractivity contribution in [2.24, 2.45) is 0 Å². The molecule has 6 unspecified atom stereocenters. The summed E-state index contributed by atoms with van der Waals surface area (Å²) in [5.41, 5.74) is 0. The standard InChI is InChI=1S/C45H86O10/c1-3-5-7-9-11-13-14-15-16-17-18-19-20-21-22-23-24-25-26-28-30-32-34-41(48)54-38(36-52-40(47)33-31-29-27-12-10-8-6-4-2)37-53-45-44(51)43(50)42(49)39(35-46)55-45/h38-39,42-46,49-51H,3-37H2,1-2H3. The van der Waals surface area contributed by atoms with E-state index >= 15 is 0 Å². The van der Waals surface area contributed by atoms with Crippen molar-refractivity contribution in [1.29, 1.82) is 0 Å². The number of esters is 2. The average Bonchev–Trinajstić information content (AvgIpc) is 3.18. The predicted octanol–water partition coefficient (Wildman–Crippen LogP) is 9.78. The fraction of sp³-hybridized carbons (Fsp3) is 0.956. The third-order valence-electron chi connectivity index (χ3n) is 11.0. The molecule has 0 amide bonds. The number of aliphatic hydroxyl groups is 4. The van der Waals surface area contributed by atoms with Gasteiger partial charge < -0.3 is 39.4 Å². The van der Waals surface area contributed by atoms with Crippen LogP contribution in [0.15, 0.2) is 0 Å². The van der Waals surface area contributed by atoms with Gasteiger partial charge in [0.2, 0.25) is 0 Å². The zero-order valence-electron chi connectivity index (χ0n) is 35.5. The van der Waals surface area contributed by atoms with Gasteiger partial charge in [0.1, 0.15) is 31.0 Å². The van der Waals surface area contributed by atoms with Crippen molar-refractivity contribution < 1.29 is 49.0 Å². The first-order valence-corrected chi connectivity index (χ1v) is 23.1. The predicted molar refractivity (Wildman–Crippen MR) is 220 cm³/mol. The lowest BCUT2D eigenvalue weighted by atomic mass is 9.99. The van der Waals surface area contributed by atoms with Crippen molar-refractivity contribution in [3.63, 3.8) is 0 Å². The molecule has 0 spiro atoms. The number of hydrogen-bond donors (Lipinski definition) is 4. The Balaban J connectivity index is 2.21. The summed E-state index contributed by atoms with van der Waals surface area (Å²) in [6, 6.07) is 0. The molecule has 1 aliphatic heterocycles. The first-order valence-electron chi connectivity index (χ1n) is 23.1.